The molecule has 1 fully saturated rings. The number of nitrogens with zero attached hydrogens (tertiary/aromatic N) is 2. The van der Waals surface area contributed by atoms with Crippen molar-refractivity contribution in [2.75, 3.05) is 45.0 Å². The topological polar surface area (TPSA) is 66.6 Å². The van der Waals surface area contributed by atoms with Crippen molar-refractivity contribution in [2.45, 2.75) is 6.92 Å². The van der Waals surface area contributed by atoms with Crippen LogP contribution in [0.15, 0.2) is 0 Å². The highest BCUT2D eigenvalue weighted by Gasteiger charge is 2.24. The maximum Gasteiger partial charge on any atom is 0.213 e. The molecule has 6 heteroatoms. The van der Waals surface area contributed by atoms with Gasteiger partial charge >= 0.3 is 0 Å². The van der Waals surface area contributed by atoms with E-state index in [0.29, 0.717) is 19.6 Å². The molecular formula is C8H19N3O2S. The number of piperazine rings is 1. The van der Waals surface area contributed by atoms with E-state index in [-0.39, 0.29) is 5.75 Å². The summed E-state index contributed by atoms with van der Waals surface area (Å²) in [7, 11) is -2.98. The lowest BCUT2D eigenvalue weighted by Crippen LogP contribution is -2.50. The molecule has 1 aliphatic heterocycles. The molecule has 2 N–H and O–H groups in total. The van der Waals surface area contributed by atoms with Gasteiger partial charge in [-0.15, -0.1) is 0 Å². The fourth-order valence-electron chi connectivity index (χ4n) is 1.60. The van der Waals surface area contributed by atoms with E-state index >= 15 is 0 Å². The van der Waals surface area contributed by atoms with Crippen LogP contribution in [0.3, 0.4) is 0 Å². The highest BCUT2D eigenvalue weighted by atomic mass is 32.2. The Labute approximate surface area is 85.9 Å². The van der Waals surface area contributed by atoms with Gasteiger partial charge < -0.3 is 5.73 Å². The maximum absolute atomic E-state index is 11.5. The Morgan fingerprint density at radius 2 is 1.79 bits per heavy atom. The Bertz CT molecular complexity index is 258. The van der Waals surface area contributed by atoms with E-state index in [2.05, 4.69) is 4.90 Å². The number of hydrogen-bond acceptors (Lipinski definition) is 4. The van der Waals surface area contributed by atoms with Gasteiger partial charge in [0, 0.05) is 39.3 Å². The van der Waals surface area contributed by atoms with Crippen LogP contribution in [0.5, 0.6) is 0 Å². The van der Waals surface area contributed by atoms with Gasteiger partial charge in [-0.3, -0.25) is 4.90 Å². The Morgan fingerprint density at radius 3 is 2.21 bits per heavy atom. The molecule has 84 valence electrons. The van der Waals surface area contributed by atoms with Gasteiger partial charge in [-0.2, -0.15) is 4.31 Å². The van der Waals surface area contributed by atoms with Crippen molar-refractivity contribution in [3.05, 3.63) is 0 Å². The minimum Gasteiger partial charge on any atom is -0.329 e. The highest BCUT2D eigenvalue weighted by Crippen LogP contribution is 2.06. The molecule has 0 atom stereocenters. The molecule has 0 spiro atoms. The summed E-state index contributed by atoms with van der Waals surface area (Å²) in [6, 6.07) is 0. The van der Waals surface area contributed by atoms with Gasteiger partial charge in [0.2, 0.25) is 10.0 Å². The minimum absolute atomic E-state index is 0.198. The van der Waals surface area contributed by atoms with Gasteiger partial charge in [0.1, 0.15) is 0 Å². The summed E-state index contributed by atoms with van der Waals surface area (Å²) in [6.45, 7) is 6.00. The number of nitrogens with two attached hydrogens (primary N) is 1. The van der Waals surface area contributed by atoms with Crippen LogP contribution in [0, 0.1) is 0 Å². The molecule has 1 rings (SSSR count). The second-order valence-corrected chi connectivity index (χ2v) is 5.69. The molecule has 0 aromatic rings. The standard InChI is InChI=1S/C8H19N3O2S/c1-2-14(12,13)11-7-5-10(4-3-9)6-8-11/h2-9H2,1H3. The summed E-state index contributed by atoms with van der Waals surface area (Å²) < 4.78 is 24.6. The monoisotopic (exact) mass is 221 g/mol. The fraction of sp³-hybridized carbons (Fsp3) is 1.00. The first-order chi connectivity index (χ1) is 6.60. The molecule has 0 aromatic carbocycles. The SMILES string of the molecule is CCS(=O)(=O)N1CCN(CCN)CC1. The third-order valence-electron chi connectivity index (χ3n) is 2.53. The zero-order valence-corrected chi connectivity index (χ0v) is 9.46. The van der Waals surface area contributed by atoms with Crippen LogP contribution in [0.25, 0.3) is 0 Å². The Morgan fingerprint density at radius 1 is 1.21 bits per heavy atom. The molecule has 0 bridgehead atoms. The van der Waals surface area contributed by atoms with Crippen LogP contribution >= 0.6 is 0 Å². The normalized spacial score (nSPS) is 21.3. The summed E-state index contributed by atoms with van der Waals surface area (Å²) in [6.07, 6.45) is 0. The van der Waals surface area contributed by atoms with E-state index in [4.69, 9.17) is 5.73 Å². The van der Waals surface area contributed by atoms with Crippen LogP contribution in [0.2, 0.25) is 0 Å². The van der Waals surface area contributed by atoms with Crippen molar-refractivity contribution < 1.29 is 8.42 Å². The summed E-state index contributed by atoms with van der Waals surface area (Å²) in [5.41, 5.74) is 5.43. The summed E-state index contributed by atoms with van der Waals surface area (Å²) >= 11 is 0. The highest BCUT2D eigenvalue weighted by molar-refractivity contribution is 7.89. The Hall–Kier alpha value is -0.170. The van der Waals surface area contributed by atoms with Crippen molar-refractivity contribution in [1.29, 1.82) is 0 Å². The van der Waals surface area contributed by atoms with Crippen LogP contribution < -0.4 is 5.73 Å². The number of rotatable bonds is 4. The quantitative estimate of drug-likeness (QED) is 0.655. The van der Waals surface area contributed by atoms with Gasteiger partial charge in [0.15, 0.2) is 0 Å². The van der Waals surface area contributed by atoms with E-state index in [1.807, 2.05) is 0 Å². The molecule has 1 saturated heterocycles. The van der Waals surface area contributed by atoms with Gasteiger partial charge in [-0.25, -0.2) is 8.42 Å². The zero-order valence-electron chi connectivity index (χ0n) is 8.65. The van der Waals surface area contributed by atoms with Gasteiger partial charge in [0.25, 0.3) is 0 Å². The third kappa shape index (κ3) is 2.91. The molecule has 1 heterocycles. The summed E-state index contributed by atoms with van der Waals surface area (Å²) in [5, 5.41) is 0. The lowest BCUT2D eigenvalue weighted by molar-refractivity contribution is 0.193. The van der Waals surface area contributed by atoms with Crippen molar-refractivity contribution >= 4 is 10.0 Å². The molecule has 0 aliphatic carbocycles. The molecule has 0 saturated carbocycles. The van der Waals surface area contributed by atoms with Crippen LogP contribution in [0.4, 0.5) is 0 Å². The van der Waals surface area contributed by atoms with Crippen LogP contribution in [-0.4, -0.2) is 62.6 Å². The predicted molar refractivity (Wildman–Crippen MR) is 56.5 cm³/mol. The van der Waals surface area contributed by atoms with Gasteiger partial charge in [-0.1, -0.05) is 0 Å². The first-order valence-electron chi connectivity index (χ1n) is 5.00. The minimum atomic E-state index is -2.98. The lowest BCUT2D eigenvalue weighted by Gasteiger charge is -2.33. The Balaban J connectivity index is 2.43. The van der Waals surface area contributed by atoms with E-state index in [0.717, 1.165) is 19.6 Å². The largest absolute Gasteiger partial charge is 0.329 e. The molecule has 5 nitrogen and oxygen atoms in total. The average molecular weight is 221 g/mol. The van der Waals surface area contributed by atoms with Crippen molar-refractivity contribution in [3.8, 4) is 0 Å². The average Bonchev–Trinajstić information content (AvgIpc) is 2.19. The second-order valence-electron chi connectivity index (χ2n) is 3.43. The smallest absolute Gasteiger partial charge is 0.213 e. The molecule has 0 aromatic heterocycles. The first kappa shape index (κ1) is 11.9. The van der Waals surface area contributed by atoms with Crippen molar-refractivity contribution in [1.82, 2.24) is 9.21 Å². The van der Waals surface area contributed by atoms with Crippen LogP contribution in [0.1, 0.15) is 6.92 Å². The van der Waals surface area contributed by atoms with Crippen molar-refractivity contribution in [3.63, 3.8) is 0 Å². The van der Waals surface area contributed by atoms with Crippen LogP contribution in [-0.2, 0) is 10.0 Å². The van der Waals surface area contributed by atoms with E-state index in [1.54, 1.807) is 11.2 Å². The van der Waals surface area contributed by atoms with E-state index in [9.17, 15) is 8.42 Å². The number of hydrogen-bond donors (Lipinski definition) is 1. The van der Waals surface area contributed by atoms with Gasteiger partial charge in [-0.05, 0) is 6.92 Å². The first-order valence-corrected chi connectivity index (χ1v) is 6.61. The molecule has 0 radical (unpaired) electrons. The zero-order chi connectivity index (χ0) is 10.6. The summed E-state index contributed by atoms with van der Waals surface area (Å²) in [5.74, 6) is 0.198. The van der Waals surface area contributed by atoms with E-state index in [1.165, 1.54) is 0 Å². The maximum atomic E-state index is 11.5. The second kappa shape index (κ2) is 5.06. The molecule has 1 aliphatic rings. The predicted octanol–water partition coefficient (Wildman–Crippen LogP) is -1.09. The number of sulfonamides is 1. The summed E-state index contributed by atoms with van der Waals surface area (Å²) in [4.78, 5) is 2.20. The molecule has 14 heavy (non-hydrogen) atoms. The molecule has 0 amide bonds. The third-order valence-corrected chi connectivity index (χ3v) is 4.42. The fourth-order valence-corrected chi connectivity index (χ4v) is 2.68. The van der Waals surface area contributed by atoms with Crippen molar-refractivity contribution in [2.24, 2.45) is 5.73 Å². The van der Waals surface area contributed by atoms with Gasteiger partial charge in [0.05, 0.1) is 5.75 Å². The lowest BCUT2D eigenvalue weighted by atomic mass is 10.3. The molecular weight excluding hydrogens is 202 g/mol. The Kier molecular flexibility index (Phi) is 4.31. The van der Waals surface area contributed by atoms with E-state index < -0.39 is 10.0 Å². The molecule has 0 unspecified atom stereocenters.